The predicted molar refractivity (Wildman–Crippen MR) is 203 cm³/mol. The monoisotopic (exact) mass is 845 g/mol. The normalized spacial score (nSPS) is 11.5. The van der Waals surface area contributed by atoms with Crippen LogP contribution in [0.3, 0.4) is 0 Å². The van der Waals surface area contributed by atoms with E-state index in [2.05, 4.69) is 129 Å². The standard InChI is InChI=1S/C45H38N4O.Pt/c1-30-44(34-15-10-7-11-16-34)31(2)49(47-30)36-17-12-18-37(27-36)50-38-20-21-39-40-26-35(33-13-8-6-9-14-33)19-22-41(40)48(42(39)28-38)43-25-32(23-24-46-43)29-45(3,4)5;/h6-26H,29H2,1-5H3;/q-2;+2. The van der Waals surface area contributed by atoms with Gasteiger partial charge in [0.05, 0.1) is 5.69 Å². The van der Waals surface area contributed by atoms with Crippen molar-refractivity contribution >= 4 is 21.8 Å². The molecule has 0 N–H and O–H groups in total. The van der Waals surface area contributed by atoms with Crippen LogP contribution in [-0.4, -0.2) is 19.3 Å². The predicted octanol–water partition coefficient (Wildman–Crippen LogP) is 11.3. The number of nitrogens with zero attached hydrogens (tertiary/aromatic N) is 4. The van der Waals surface area contributed by atoms with Gasteiger partial charge < -0.3 is 9.30 Å². The molecular weight excluding hydrogens is 808 g/mol. The molecule has 0 unspecified atom stereocenters. The van der Waals surface area contributed by atoms with Crippen LogP contribution in [0.1, 0.15) is 37.7 Å². The van der Waals surface area contributed by atoms with Crippen LogP contribution in [0.25, 0.3) is 55.6 Å². The van der Waals surface area contributed by atoms with Crippen molar-refractivity contribution in [3.63, 3.8) is 0 Å². The minimum atomic E-state index is 0. The number of ether oxygens (including phenoxy) is 1. The van der Waals surface area contributed by atoms with Crippen LogP contribution in [0.4, 0.5) is 0 Å². The number of aryl methyl sites for hydroxylation is 1. The maximum absolute atomic E-state index is 6.49. The Kier molecular flexibility index (Phi) is 9.26. The molecule has 5 nitrogen and oxygen atoms in total. The van der Waals surface area contributed by atoms with E-state index in [4.69, 9.17) is 14.8 Å². The second-order valence-electron chi connectivity index (χ2n) is 14.1. The number of aromatic nitrogens is 4. The summed E-state index contributed by atoms with van der Waals surface area (Å²) in [6, 6.07) is 48.9. The molecule has 0 bridgehead atoms. The van der Waals surface area contributed by atoms with Crippen LogP contribution >= 0.6 is 0 Å². The Balaban J connectivity index is 0.00000406. The number of fused-ring (bicyclic) bond motifs is 3. The molecule has 0 saturated carbocycles. The SMILES string of the molecule is Cc1nn(-c2[c-]c(Oc3[c-]c4c(cc3)c3cc(-c5ccccc5)ccc3n4-c3cc(CC(C)(C)C)ccn3)ccc2)c(C)c1-c1ccccc1.[Pt+2]. The molecule has 0 radical (unpaired) electrons. The fraction of sp³-hybridized carbons (Fsp3) is 0.156. The summed E-state index contributed by atoms with van der Waals surface area (Å²) in [5.74, 6) is 2.05. The van der Waals surface area contributed by atoms with Crippen molar-refractivity contribution in [3.05, 3.63) is 157 Å². The maximum atomic E-state index is 6.49. The van der Waals surface area contributed by atoms with Crippen LogP contribution in [0.2, 0.25) is 0 Å². The molecule has 0 fully saturated rings. The van der Waals surface area contributed by atoms with Gasteiger partial charge in [0.25, 0.3) is 0 Å². The third-order valence-electron chi connectivity index (χ3n) is 9.08. The molecule has 6 heteroatoms. The molecular formula is C45H38N4OPt. The van der Waals surface area contributed by atoms with Gasteiger partial charge in [-0.2, -0.15) is 17.2 Å². The first kappa shape index (κ1) is 34.2. The van der Waals surface area contributed by atoms with Crippen molar-refractivity contribution in [3.8, 4) is 45.3 Å². The van der Waals surface area contributed by atoms with Gasteiger partial charge in [0, 0.05) is 34.5 Å². The average molecular weight is 846 g/mol. The van der Waals surface area contributed by atoms with E-state index in [1.54, 1.807) is 0 Å². The van der Waals surface area contributed by atoms with Gasteiger partial charge in [0.1, 0.15) is 5.82 Å². The molecule has 0 amide bonds. The molecule has 0 aliphatic carbocycles. The Morgan fingerprint density at radius 2 is 1.41 bits per heavy atom. The number of hydrogen-bond donors (Lipinski definition) is 0. The van der Waals surface area contributed by atoms with Gasteiger partial charge in [0.2, 0.25) is 0 Å². The number of rotatable bonds is 7. The Morgan fingerprint density at radius 3 is 2.16 bits per heavy atom. The molecule has 3 heterocycles. The summed E-state index contributed by atoms with van der Waals surface area (Å²) in [4.78, 5) is 4.88. The third-order valence-corrected chi connectivity index (χ3v) is 9.08. The molecule has 0 aliphatic rings. The number of pyridine rings is 1. The fourth-order valence-electron chi connectivity index (χ4n) is 6.98. The molecule has 254 valence electrons. The van der Waals surface area contributed by atoms with E-state index >= 15 is 0 Å². The minimum absolute atomic E-state index is 0. The van der Waals surface area contributed by atoms with E-state index in [1.165, 1.54) is 11.1 Å². The second kappa shape index (κ2) is 13.8. The van der Waals surface area contributed by atoms with Gasteiger partial charge in [-0.25, -0.2) is 4.98 Å². The molecule has 0 spiro atoms. The molecule has 0 atom stereocenters. The van der Waals surface area contributed by atoms with Crippen molar-refractivity contribution < 1.29 is 25.8 Å². The van der Waals surface area contributed by atoms with Gasteiger partial charge >= 0.3 is 21.1 Å². The van der Waals surface area contributed by atoms with E-state index in [9.17, 15) is 0 Å². The summed E-state index contributed by atoms with van der Waals surface area (Å²) in [6.07, 6.45) is 2.86. The number of hydrogen-bond acceptors (Lipinski definition) is 3. The van der Waals surface area contributed by atoms with E-state index in [0.717, 1.165) is 67.8 Å². The first-order valence-electron chi connectivity index (χ1n) is 17.1. The molecule has 8 aromatic rings. The molecule has 5 aromatic carbocycles. The summed E-state index contributed by atoms with van der Waals surface area (Å²) in [7, 11) is 0. The zero-order valence-electron chi connectivity index (χ0n) is 29.3. The van der Waals surface area contributed by atoms with Crippen molar-refractivity contribution in [2.45, 2.75) is 41.0 Å². The van der Waals surface area contributed by atoms with Crippen molar-refractivity contribution in [2.75, 3.05) is 0 Å². The Morgan fingerprint density at radius 1 is 0.686 bits per heavy atom. The largest absolute Gasteiger partial charge is 2.00 e. The summed E-state index contributed by atoms with van der Waals surface area (Å²) in [6.45, 7) is 10.9. The zero-order valence-corrected chi connectivity index (χ0v) is 31.6. The first-order valence-corrected chi connectivity index (χ1v) is 17.1. The van der Waals surface area contributed by atoms with Crippen LogP contribution in [0, 0.1) is 31.4 Å². The van der Waals surface area contributed by atoms with E-state index < -0.39 is 0 Å². The molecule has 3 aromatic heterocycles. The Labute approximate surface area is 313 Å². The van der Waals surface area contributed by atoms with Crippen LogP contribution in [0.15, 0.2) is 128 Å². The average Bonchev–Trinajstić information content (AvgIpc) is 3.60. The van der Waals surface area contributed by atoms with Gasteiger partial charge in [-0.15, -0.1) is 35.7 Å². The van der Waals surface area contributed by atoms with E-state index in [1.807, 2.05) is 54.2 Å². The van der Waals surface area contributed by atoms with E-state index in [-0.39, 0.29) is 26.5 Å². The van der Waals surface area contributed by atoms with Crippen molar-refractivity contribution in [1.82, 2.24) is 19.3 Å². The molecule has 0 saturated heterocycles. The summed E-state index contributed by atoms with van der Waals surface area (Å²) >= 11 is 0. The van der Waals surface area contributed by atoms with Crippen LogP contribution in [0.5, 0.6) is 11.5 Å². The molecule has 0 aliphatic heterocycles. The van der Waals surface area contributed by atoms with Crippen molar-refractivity contribution in [1.29, 1.82) is 0 Å². The van der Waals surface area contributed by atoms with E-state index in [0.29, 0.717) is 11.5 Å². The Hall–Kier alpha value is -5.25. The summed E-state index contributed by atoms with van der Waals surface area (Å²) < 4.78 is 10.6. The summed E-state index contributed by atoms with van der Waals surface area (Å²) in [5.41, 5.74) is 10.8. The van der Waals surface area contributed by atoms with Crippen LogP contribution in [-0.2, 0) is 27.5 Å². The maximum Gasteiger partial charge on any atom is 2.00 e. The fourth-order valence-corrected chi connectivity index (χ4v) is 6.98. The van der Waals surface area contributed by atoms with Crippen LogP contribution < -0.4 is 4.74 Å². The Bertz CT molecular complexity index is 2490. The van der Waals surface area contributed by atoms with Gasteiger partial charge in [-0.1, -0.05) is 99.1 Å². The first-order chi connectivity index (χ1) is 24.2. The summed E-state index contributed by atoms with van der Waals surface area (Å²) in [5, 5.41) is 7.11. The zero-order chi connectivity index (χ0) is 34.4. The second-order valence-corrected chi connectivity index (χ2v) is 14.1. The van der Waals surface area contributed by atoms with Gasteiger partial charge in [-0.05, 0) is 77.2 Å². The molecule has 8 rings (SSSR count). The van der Waals surface area contributed by atoms with Gasteiger partial charge in [-0.3, -0.25) is 4.68 Å². The third kappa shape index (κ3) is 6.79. The minimum Gasteiger partial charge on any atom is -0.509 e. The van der Waals surface area contributed by atoms with Gasteiger partial charge in [0.15, 0.2) is 0 Å². The molecule has 51 heavy (non-hydrogen) atoms. The smallest absolute Gasteiger partial charge is 0.509 e. The topological polar surface area (TPSA) is 44.9 Å². The quantitative estimate of drug-likeness (QED) is 0.150. The number of benzene rings is 5. The van der Waals surface area contributed by atoms with Crippen molar-refractivity contribution in [2.24, 2.45) is 5.41 Å².